The highest BCUT2D eigenvalue weighted by atomic mass is 35.5. The van der Waals surface area contributed by atoms with Crippen molar-refractivity contribution in [2.24, 2.45) is 0 Å². The van der Waals surface area contributed by atoms with E-state index >= 15 is 0 Å². The van der Waals surface area contributed by atoms with Crippen molar-refractivity contribution in [3.63, 3.8) is 0 Å². The molecule has 0 amide bonds. The minimum atomic E-state index is -1.83. The van der Waals surface area contributed by atoms with Crippen molar-refractivity contribution < 1.29 is 9.53 Å². The lowest BCUT2D eigenvalue weighted by Gasteiger charge is -2.25. The molecular formula is C12H9B3ClNO2S. The summed E-state index contributed by atoms with van der Waals surface area (Å²) in [6.45, 7) is 3.34. The number of carbonyl (C=O) groups is 1. The van der Waals surface area contributed by atoms with Crippen molar-refractivity contribution in [3.8, 4) is 11.2 Å². The first-order chi connectivity index (χ1) is 9.15. The van der Waals surface area contributed by atoms with Gasteiger partial charge in [-0.2, -0.15) is 5.26 Å². The maximum absolute atomic E-state index is 12.1. The van der Waals surface area contributed by atoms with Crippen molar-refractivity contribution in [1.29, 1.82) is 5.26 Å². The van der Waals surface area contributed by atoms with Crippen LogP contribution in [-0.4, -0.2) is 39.9 Å². The molecule has 0 saturated heterocycles. The Kier molecular flexibility index (Phi) is 5.67. The Morgan fingerprint density at radius 2 is 2.10 bits per heavy atom. The zero-order chi connectivity index (χ0) is 15.5. The molecule has 8 heteroatoms. The number of carbonyl (C=O) groups excluding carboxylic acids is 1. The first-order valence-electron chi connectivity index (χ1n) is 5.60. The van der Waals surface area contributed by atoms with Crippen molar-refractivity contribution in [1.82, 2.24) is 0 Å². The van der Waals surface area contributed by atoms with Gasteiger partial charge in [-0.15, -0.1) is 0 Å². The van der Waals surface area contributed by atoms with Crippen LogP contribution in [0.3, 0.4) is 0 Å². The van der Waals surface area contributed by atoms with Crippen molar-refractivity contribution in [2.75, 3.05) is 0 Å². The van der Waals surface area contributed by atoms with Crippen LogP contribution in [0.4, 0.5) is 0 Å². The van der Waals surface area contributed by atoms with E-state index in [1.165, 1.54) is 6.07 Å². The summed E-state index contributed by atoms with van der Waals surface area (Å²) in [6, 6.07) is 2.98. The summed E-state index contributed by atoms with van der Waals surface area (Å²) in [4.78, 5) is 12.1. The molecule has 1 rings (SSSR count). The summed E-state index contributed by atoms with van der Waals surface area (Å²) in [5, 5.41) is 8.31. The first kappa shape index (κ1) is 17.1. The van der Waals surface area contributed by atoms with Gasteiger partial charge in [0.1, 0.15) is 34.7 Å². The Morgan fingerprint density at radius 1 is 1.50 bits per heavy atom. The zero-order valence-electron chi connectivity index (χ0n) is 11.0. The number of Topliss-reactive ketones (excluding diaryl/α,β-unsaturated/α-hetero) is 1. The molecule has 96 valence electrons. The summed E-state index contributed by atoms with van der Waals surface area (Å²) < 4.78 is 5.14. The monoisotopic (exact) mass is 299 g/mol. The lowest BCUT2D eigenvalue weighted by atomic mass is 9.52. The maximum atomic E-state index is 12.1. The number of nitrogens with zero attached hydrogens (tertiary/aromatic N) is 1. The van der Waals surface area contributed by atoms with Crippen molar-refractivity contribution in [3.05, 3.63) is 28.3 Å². The van der Waals surface area contributed by atoms with Crippen LogP contribution in [0, 0.1) is 17.6 Å². The fourth-order valence-corrected chi connectivity index (χ4v) is 2.14. The van der Waals surface area contributed by atoms with Gasteiger partial charge in [0, 0.05) is 5.56 Å². The fraction of sp³-hybridized carbons (Fsp3) is 0.333. The number of aryl methyl sites for hydroxylation is 1. The minimum Gasteiger partial charge on any atom is -0.516 e. The Hall–Kier alpha value is -0.985. The molecule has 0 N–H and O–H groups in total. The molecule has 0 aliphatic heterocycles. The van der Waals surface area contributed by atoms with E-state index in [0.29, 0.717) is 16.9 Å². The molecule has 0 aliphatic carbocycles. The summed E-state index contributed by atoms with van der Waals surface area (Å²) in [5.74, 6) is 0.0512. The normalized spacial score (nSPS) is 12.5. The number of thioether (sulfide) groups is 1. The lowest BCUT2D eigenvalue weighted by Crippen LogP contribution is -2.37. The Labute approximate surface area is 131 Å². The van der Waals surface area contributed by atoms with E-state index in [-0.39, 0.29) is 10.8 Å². The highest BCUT2D eigenvalue weighted by Gasteiger charge is 2.21. The van der Waals surface area contributed by atoms with Gasteiger partial charge in [-0.3, -0.25) is 4.79 Å². The molecule has 0 saturated carbocycles. The second-order valence-corrected chi connectivity index (χ2v) is 5.80. The molecule has 0 bridgehead atoms. The summed E-state index contributed by atoms with van der Waals surface area (Å²) in [6.07, 6.45) is 0. The molecular weight excluding hydrogens is 290 g/mol. The van der Waals surface area contributed by atoms with Crippen LogP contribution < -0.4 is 4.74 Å². The first-order valence-corrected chi connectivity index (χ1v) is 6.86. The number of benzene rings is 1. The number of rotatable bonds is 5. The topological polar surface area (TPSA) is 50.1 Å². The summed E-state index contributed by atoms with van der Waals surface area (Å²) in [7, 11) is 16.1. The van der Waals surface area contributed by atoms with E-state index in [1.54, 1.807) is 19.9 Å². The average molecular weight is 299 g/mol. The second-order valence-electron chi connectivity index (χ2n) is 4.27. The molecule has 1 aromatic carbocycles. The van der Waals surface area contributed by atoms with Crippen LogP contribution in [0.25, 0.3) is 0 Å². The molecule has 1 atom stereocenters. The molecule has 1 unspecified atom stereocenters. The van der Waals surface area contributed by atoms with Crippen molar-refractivity contribution in [2.45, 2.75) is 24.4 Å². The number of thiocyanates is 1. The van der Waals surface area contributed by atoms with E-state index in [4.69, 9.17) is 45.1 Å². The van der Waals surface area contributed by atoms with Gasteiger partial charge in [-0.25, -0.2) is 0 Å². The third-order valence-electron chi connectivity index (χ3n) is 2.42. The fourth-order valence-electron chi connectivity index (χ4n) is 1.50. The SMILES string of the molecule is [B]C([B])([B])Oc1cc(Cl)c(C(=O)C(C)SC#N)cc1C. The molecule has 0 aromatic heterocycles. The molecule has 1 aromatic rings. The largest absolute Gasteiger partial charge is 0.516 e. The number of hydrogen-bond donors (Lipinski definition) is 0. The van der Waals surface area contributed by atoms with Crippen molar-refractivity contribution >= 4 is 52.7 Å². The quantitative estimate of drug-likeness (QED) is 0.473. The van der Waals surface area contributed by atoms with E-state index in [1.807, 2.05) is 5.40 Å². The number of halogens is 1. The number of ether oxygens (including phenoxy) is 1. The van der Waals surface area contributed by atoms with Gasteiger partial charge in [0.05, 0.1) is 10.3 Å². The average Bonchev–Trinajstić information content (AvgIpc) is 2.31. The highest BCUT2D eigenvalue weighted by molar-refractivity contribution is 8.04. The summed E-state index contributed by atoms with van der Waals surface area (Å²) >= 11 is 6.92. The van der Waals surface area contributed by atoms with E-state index < -0.39 is 10.5 Å². The van der Waals surface area contributed by atoms with Gasteiger partial charge >= 0.3 is 0 Å². The number of nitriles is 1. The van der Waals surface area contributed by atoms with E-state index in [9.17, 15) is 4.79 Å². The molecule has 0 heterocycles. The molecule has 0 aliphatic rings. The maximum Gasteiger partial charge on any atom is 0.178 e. The van der Waals surface area contributed by atoms with Gasteiger partial charge < -0.3 is 4.74 Å². The minimum absolute atomic E-state index is 0.185. The van der Waals surface area contributed by atoms with Gasteiger partial charge in [0.2, 0.25) is 0 Å². The van der Waals surface area contributed by atoms with Crippen LogP contribution in [0.1, 0.15) is 22.8 Å². The molecule has 3 nitrogen and oxygen atoms in total. The van der Waals surface area contributed by atoms with Crippen LogP contribution >= 0.6 is 23.4 Å². The standard InChI is InChI=1S/C12H9B3ClNO2S/c1-6-3-8(11(18)7(2)20-5-17)9(16)4-10(6)19-12(13,14)15/h3-4,7H,1-2H3. The van der Waals surface area contributed by atoms with E-state index in [2.05, 4.69) is 0 Å². The smallest absolute Gasteiger partial charge is 0.178 e. The van der Waals surface area contributed by atoms with Crippen LogP contribution in [0.5, 0.6) is 5.75 Å². The van der Waals surface area contributed by atoms with Gasteiger partial charge in [-0.1, -0.05) is 11.6 Å². The lowest BCUT2D eigenvalue weighted by molar-refractivity contribution is 0.0994. The van der Waals surface area contributed by atoms with Crippen LogP contribution in [0.2, 0.25) is 5.02 Å². The number of hydrogen-bond acceptors (Lipinski definition) is 4. The molecule has 0 spiro atoms. The Morgan fingerprint density at radius 3 is 2.60 bits per heavy atom. The van der Waals surface area contributed by atoms with Crippen LogP contribution in [0.15, 0.2) is 12.1 Å². The zero-order valence-corrected chi connectivity index (χ0v) is 12.6. The Balaban J connectivity index is 3.12. The molecule has 6 radical (unpaired) electrons. The van der Waals surface area contributed by atoms with Gasteiger partial charge in [0.15, 0.2) is 5.78 Å². The molecule has 20 heavy (non-hydrogen) atoms. The van der Waals surface area contributed by atoms with Gasteiger partial charge in [-0.05, 0) is 48.6 Å². The predicted molar refractivity (Wildman–Crippen MR) is 83.8 cm³/mol. The highest BCUT2D eigenvalue weighted by Crippen LogP contribution is 2.30. The predicted octanol–water partition coefficient (Wildman–Crippen LogP) is 1.93. The molecule has 0 fully saturated rings. The second kappa shape index (κ2) is 6.65. The number of ketones is 1. The Bertz CT molecular complexity index is 569. The third kappa shape index (κ3) is 4.54. The van der Waals surface area contributed by atoms with Gasteiger partial charge in [0.25, 0.3) is 0 Å². The summed E-state index contributed by atoms with van der Waals surface area (Å²) in [5.41, 5.74) is 0.918. The third-order valence-corrected chi connectivity index (χ3v) is 3.40. The van der Waals surface area contributed by atoms with Crippen LogP contribution in [-0.2, 0) is 0 Å². The van der Waals surface area contributed by atoms with E-state index in [0.717, 1.165) is 11.8 Å².